The van der Waals surface area contributed by atoms with Crippen LogP contribution in [0.1, 0.15) is 52.2 Å². The normalized spacial score (nSPS) is 19.3. The standard InChI is InChI=1S/C17H25ClN2O3/c1-16(2,3)23-15(22)20-10-7-17(4,8-11-20)13(21)12-6-5-9-19-14(12)18/h5-6,9,13,21H,7-8,10-11H2,1-4H3. The van der Waals surface area contributed by atoms with Gasteiger partial charge >= 0.3 is 6.09 Å². The fraction of sp³-hybridized carbons (Fsp3) is 0.647. The number of carbonyl (C=O) groups is 1. The topological polar surface area (TPSA) is 62.7 Å². The fourth-order valence-corrected chi connectivity index (χ4v) is 3.00. The van der Waals surface area contributed by atoms with Crippen LogP contribution in [0.15, 0.2) is 18.3 Å². The van der Waals surface area contributed by atoms with Crippen LogP contribution in [0.2, 0.25) is 5.15 Å². The number of rotatable bonds is 2. The molecule has 0 spiro atoms. The van der Waals surface area contributed by atoms with Crippen molar-refractivity contribution in [1.29, 1.82) is 0 Å². The largest absolute Gasteiger partial charge is 0.444 e. The van der Waals surface area contributed by atoms with Gasteiger partial charge in [0, 0.05) is 30.3 Å². The molecule has 0 aromatic carbocycles. The molecule has 1 saturated heterocycles. The molecule has 1 aromatic heterocycles. The molecule has 2 heterocycles. The van der Waals surface area contributed by atoms with Crippen molar-refractivity contribution in [3.8, 4) is 0 Å². The Hall–Kier alpha value is -1.33. The van der Waals surface area contributed by atoms with Gasteiger partial charge in [-0.25, -0.2) is 9.78 Å². The third kappa shape index (κ3) is 4.36. The van der Waals surface area contributed by atoms with E-state index in [1.807, 2.05) is 27.7 Å². The number of aliphatic hydroxyl groups is 1. The van der Waals surface area contributed by atoms with Gasteiger partial charge in [0.15, 0.2) is 0 Å². The molecule has 23 heavy (non-hydrogen) atoms. The predicted octanol–water partition coefficient (Wildman–Crippen LogP) is 3.81. The Labute approximate surface area is 142 Å². The Kier molecular flexibility index (Phi) is 5.21. The Morgan fingerprint density at radius 1 is 1.43 bits per heavy atom. The molecule has 1 atom stereocenters. The lowest BCUT2D eigenvalue weighted by Crippen LogP contribution is -2.46. The van der Waals surface area contributed by atoms with Crippen molar-refractivity contribution >= 4 is 17.7 Å². The van der Waals surface area contributed by atoms with Crippen LogP contribution in [-0.4, -0.2) is 39.8 Å². The molecule has 6 heteroatoms. The number of nitrogens with zero attached hydrogens (tertiary/aromatic N) is 2. The van der Waals surface area contributed by atoms with Gasteiger partial charge < -0.3 is 14.7 Å². The van der Waals surface area contributed by atoms with Gasteiger partial charge in [-0.05, 0) is 39.7 Å². The molecular formula is C17H25ClN2O3. The number of pyridine rings is 1. The number of likely N-dealkylation sites (tertiary alicyclic amines) is 1. The minimum absolute atomic E-state index is 0.298. The van der Waals surface area contributed by atoms with E-state index in [0.29, 0.717) is 36.6 Å². The highest BCUT2D eigenvalue weighted by Crippen LogP contribution is 2.44. The summed E-state index contributed by atoms with van der Waals surface area (Å²) in [5.41, 5.74) is -0.200. The van der Waals surface area contributed by atoms with Crippen LogP contribution in [0.25, 0.3) is 0 Å². The first-order valence-electron chi connectivity index (χ1n) is 7.89. The summed E-state index contributed by atoms with van der Waals surface area (Å²) in [5, 5.41) is 11.1. The minimum Gasteiger partial charge on any atom is -0.444 e. The van der Waals surface area contributed by atoms with Crippen molar-refractivity contribution in [2.24, 2.45) is 5.41 Å². The number of aliphatic hydroxyl groups excluding tert-OH is 1. The summed E-state index contributed by atoms with van der Waals surface area (Å²) in [6.07, 6.45) is 1.96. The molecule has 0 radical (unpaired) electrons. The zero-order chi connectivity index (χ0) is 17.3. The summed E-state index contributed by atoms with van der Waals surface area (Å²) >= 11 is 6.10. The van der Waals surface area contributed by atoms with Gasteiger partial charge in [-0.1, -0.05) is 24.6 Å². The molecule has 2 rings (SSSR count). The summed E-state index contributed by atoms with van der Waals surface area (Å²) in [6, 6.07) is 3.56. The number of aromatic nitrogens is 1. The monoisotopic (exact) mass is 340 g/mol. The maximum atomic E-state index is 12.1. The van der Waals surface area contributed by atoms with Crippen molar-refractivity contribution in [3.05, 3.63) is 29.0 Å². The van der Waals surface area contributed by atoms with E-state index in [2.05, 4.69) is 4.98 Å². The molecule has 0 bridgehead atoms. The number of hydrogen-bond donors (Lipinski definition) is 1. The highest BCUT2D eigenvalue weighted by Gasteiger charge is 2.40. The summed E-state index contributed by atoms with van der Waals surface area (Å²) < 4.78 is 5.40. The van der Waals surface area contributed by atoms with Crippen molar-refractivity contribution in [3.63, 3.8) is 0 Å². The van der Waals surface area contributed by atoms with Crippen LogP contribution in [0.4, 0.5) is 4.79 Å². The third-order valence-electron chi connectivity index (χ3n) is 4.30. The van der Waals surface area contributed by atoms with Gasteiger partial charge in [0.05, 0.1) is 6.10 Å². The summed E-state index contributed by atoms with van der Waals surface area (Å²) in [7, 11) is 0. The van der Waals surface area contributed by atoms with Crippen molar-refractivity contribution in [2.75, 3.05) is 13.1 Å². The number of piperidine rings is 1. The zero-order valence-electron chi connectivity index (χ0n) is 14.2. The molecule has 128 valence electrons. The Bertz CT molecular complexity index is 563. The maximum absolute atomic E-state index is 12.1. The molecule has 5 nitrogen and oxygen atoms in total. The second-order valence-corrected chi connectivity index (χ2v) is 7.77. The average Bonchev–Trinajstić information content (AvgIpc) is 2.46. The highest BCUT2D eigenvalue weighted by molar-refractivity contribution is 6.30. The fourth-order valence-electron chi connectivity index (χ4n) is 2.78. The maximum Gasteiger partial charge on any atom is 0.410 e. The van der Waals surface area contributed by atoms with Gasteiger partial charge in [0.25, 0.3) is 0 Å². The number of amides is 1. The average molecular weight is 341 g/mol. The molecule has 1 aromatic rings. The number of halogens is 1. The van der Waals surface area contributed by atoms with Crippen molar-refractivity contribution in [2.45, 2.75) is 52.2 Å². The first-order valence-corrected chi connectivity index (χ1v) is 8.27. The Morgan fingerprint density at radius 3 is 2.57 bits per heavy atom. The molecule has 1 N–H and O–H groups in total. The van der Waals surface area contributed by atoms with Gasteiger partial charge in [-0.3, -0.25) is 0 Å². The lowest BCUT2D eigenvalue weighted by Gasteiger charge is -2.42. The van der Waals surface area contributed by atoms with E-state index in [0.717, 1.165) is 0 Å². The van der Waals surface area contributed by atoms with Gasteiger partial charge in [-0.15, -0.1) is 0 Å². The van der Waals surface area contributed by atoms with E-state index < -0.39 is 11.7 Å². The molecule has 0 aliphatic carbocycles. The van der Waals surface area contributed by atoms with Crippen molar-refractivity contribution < 1.29 is 14.6 Å². The van der Waals surface area contributed by atoms with Gasteiger partial charge in [0.1, 0.15) is 10.8 Å². The van der Waals surface area contributed by atoms with Crippen LogP contribution in [0.5, 0.6) is 0 Å². The number of hydrogen-bond acceptors (Lipinski definition) is 4. The second-order valence-electron chi connectivity index (χ2n) is 7.41. The molecule has 1 aliphatic rings. The molecule has 0 saturated carbocycles. The van der Waals surface area contributed by atoms with Crippen molar-refractivity contribution in [1.82, 2.24) is 9.88 Å². The predicted molar refractivity (Wildman–Crippen MR) is 89.4 cm³/mol. The van der Waals surface area contributed by atoms with E-state index in [1.54, 1.807) is 23.2 Å². The summed E-state index contributed by atoms with van der Waals surface area (Å²) in [5.74, 6) is 0. The van der Waals surface area contributed by atoms with E-state index in [-0.39, 0.29) is 11.5 Å². The van der Waals surface area contributed by atoms with Crippen LogP contribution >= 0.6 is 11.6 Å². The second kappa shape index (κ2) is 6.65. The highest BCUT2D eigenvalue weighted by atomic mass is 35.5. The minimum atomic E-state index is -0.704. The van der Waals surface area contributed by atoms with Crippen LogP contribution in [0, 0.1) is 5.41 Å². The lowest BCUT2D eigenvalue weighted by atomic mass is 9.73. The van der Waals surface area contributed by atoms with E-state index in [1.165, 1.54) is 0 Å². The van der Waals surface area contributed by atoms with E-state index in [9.17, 15) is 9.90 Å². The smallest absolute Gasteiger partial charge is 0.410 e. The molecule has 1 fully saturated rings. The van der Waals surface area contributed by atoms with Crippen LogP contribution in [-0.2, 0) is 4.74 Å². The number of carbonyl (C=O) groups excluding carboxylic acids is 1. The SMILES string of the molecule is CC(C)(C)OC(=O)N1CCC(C)(C(O)c2cccnc2Cl)CC1. The third-order valence-corrected chi connectivity index (χ3v) is 4.62. The lowest BCUT2D eigenvalue weighted by molar-refractivity contribution is -0.0258. The summed E-state index contributed by atoms with van der Waals surface area (Å²) in [6.45, 7) is 8.70. The van der Waals surface area contributed by atoms with Crippen LogP contribution < -0.4 is 0 Å². The number of ether oxygens (including phenoxy) is 1. The van der Waals surface area contributed by atoms with Gasteiger partial charge in [-0.2, -0.15) is 0 Å². The van der Waals surface area contributed by atoms with Crippen LogP contribution in [0.3, 0.4) is 0 Å². The molecule has 1 aliphatic heterocycles. The Balaban J connectivity index is 2.02. The molecular weight excluding hydrogens is 316 g/mol. The first-order chi connectivity index (χ1) is 10.6. The van der Waals surface area contributed by atoms with E-state index in [4.69, 9.17) is 16.3 Å². The van der Waals surface area contributed by atoms with E-state index >= 15 is 0 Å². The quantitative estimate of drug-likeness (QED) is 0.832. The van der Waals surface area contributed by atoms with Gasteiger partial charge in [0.2, 0.25) is 0 Å². The molecule has 1 amide bonds. The zero-order valence-corrected chi connectivity index (χ0v) is 14.9. The molecule has 1 unspecified atom stereocenters. The summed E-state index contributed by atoms with van der Waals surface area (Å²) in [4.78, 5) is 17.9. The Morgan fingerprint density at radius 2 is 2.04 bits per heavy atom. The first kappa shape index (κ1) is 18.0.